The molecule has 5 N–H and O–H groups in total. The van der Waals surface area contributed by atoms with Crippen LogP contribution in [0, 0.1) is 5.92 Å². The third kappa shape index (κ3) is 3.30. The summed E-state index contributed by atoms with van der Waals surface area (Å²) in [7, 11) is 0. The first kappa shape index (κ1) is 13.2. The van der Waals surface area contributed by atoms with Crippen molar-refractivity contribution in [2.24, 2.45) is 11.7 Å². The summed E-state index contributed by atoms with van der Waals surface area (Å²) in [6.45, 7) is 6.25. The predicted molar refractivity (Wildman–Crippen MR) is 67.5 cm³/mol. The molecule has 0 aliphatic rings. The van der Waals surface area contributed by atoms with E-state index in [1.165, 1.54) is 6.20 Å². The van der Waals surface area contributed by atoms with E-state index in [0.29, 0.717) is 11.7 Å². The van der Waals surface area contributed by atoms with Crippen LogP contribution in [0.1, 0.15) is 37.6 Å². The zero-order chi connectivity index (χ0) is 13.0. The van der Waals surface area contributed by atoms with Gasteiger partial charge in [0.15, 0.2) is 0 Å². The van der Waals surface area contributed by atoms with Crippen molar-refractivity contribution in [1.29, 1.82) is 0 Å². The normalized spacial score (nSPS) is 12.5. The van der Waals surface area contributed by atoms with Gasteiger partial charge >= 0.3 is 0 Å². The smallest absolute Gasteiger partial charge is 0.254 e. The Kier molecular flexibility index (Phi) is 4.25. The van der Waals surface area contributed by atoms with E-state index in [1.54, 1.807) is 0 Å². The van der Waals surface area contributed by atoms with Crippen molar-refractivity contribution in [1.82, 2.24) is 9.97 Å². The molecule has 0 aliphatic carbocycles. The van der Waals surface area contributed by atoms with E-state index in [0.717, 1.165) is 6.42 Å². The molecule has 0 bridgehead atoms. The van der Waals surface area contributed by atoms with E-state index in [1.807, 2.05) is 0 Å². The zero-order valence-corrected chi connectivity index (χ0v) is 10.4. The van der Waals surface area contributed by atoms with Crippen LogP contribution >= 0.6 is 0 Å². The van der Waals surface area contributed by atoms with Crippen molar-refractivity contribution in [2.45, 2.75) is 33.2 Å². The maximum atomic E-state index is 11.2. The molecule has 1 aromatic rings. The highest BCUT2D eigenvalue weighted by atomic mass is 16.1. The number of nitrogens with zero attached hydrogens (tertiary/aromatic N) is 2. The first-order valence-corrected chi connectivity index (χ1v) is 5.64. The first-order valence-electron chi connectivity index (χ1n) is 5.64. The maximum Gasteiger partial charge on any atom is 0.254 e. The highest BCUT2D eigenvalue weighted by Crippen LogP contribution is 2.17. The van der Waals surface area contributed by atoms with Gasteiger partial charge in [0.25, 0.3) is 5.91 Å². The molecule has 0 aromatic carbocycles. The van der Waals surface area contributed by atoms with Gasteiger partial charge in [-0.2, -0.15) is 4.98 Å². The second kappa shape index (κ2) is 5.47. The van der Waals surface area contributed by atoms with Crippen LogP contribution in [0.4, 0.5) is 11.8 Å². The number of anilines is 2. The van der Waals surface area contributed by atoms with Crippen LogP contribution in [0.5, 0.6) is 0 Å². The van der Waals surface area contributed by atoms with Gasteiger partial charge in [-0.3, -0.25) is 4.79 Å². The van der Waals surface area contributed by atoms with Crippen molar-refractivity contribution in [2.75, 3.05) is 11.1 Å². The molecule has 1 aromatic heterocycles. The summed E-state index contributed by atoms with van der Waals surface area (Å²) >= 11 is 0. The summed E-state index contributed by atoms with van der Waals surface area (Å²) in [6.07, 6.45) is 2.26. The monoisotopic (exact) mass is 237 g/mol. The zero-order valence-electron chi connectivity index (χ0n) is 10.4. The fourth-order valence-corrected chi connectivity index (χ4v) is 1.60. The summed E-state index contributed by atoms with van der Waals surface area (Å²) in [5.74, 6) is 0.379. The number of hydrogen-bond acceptors (Lipinski definition) is 5. The number of aromatic nitrogens is 2. The van der Waals surface area contributed by atoms with Crippen molar-refractivity contribution in [3.05, 3.63) is 11.8 Å². The Bertz CT molecular complexity index is 405. The Morgan fingerprint density at radius 3 is 2.65 bits per heavy atom. The Labute approximate surface area is 101 Å². The Morgan fingerprint density at radius 1 is 1.53 bits per heavy atom. The minimum atomic E-state index is -0.564. The molecule has 0 radical (unpaired) electrons. The van der Waals surface area contributed by atoms with Crippen molar-refractivity contribution < 1.29 is 4.79 Å². The molecular formula is C11H19N5O. The summed E-state index contributed by atoms with van der Waals surface area (Å²) in [6, 6.07) is 0.211. The molecule has 0 spiro atoms. The molecule has 1 atom stereocenters. The van der Waals surface area contributed by atoms with E-state index < -0.39 is 5.91 Å². The highest BCUT2D eigenvalue weighted by Gasteiger charge is 2.16. The molecule has 0 fully saturated rings. The molecule has 0 aliphatic heterocycles. The summed E-state index contributed by atoms with van der Waals surface area (Å²) in [5.41, 5.74) is 11.0. The minimum absolute atomic E-state index is 0.121. The van der Waals surface area contributed by atoms with Gasteiger partial charge in [0.1, 0.15) is 5.82 Å². The molecule has 94 valence electrons. The lowest BCUT2D eigenvalue weighted by Gasteiger charge is -2.22. The molecular weight excluding hydrogens is 218 g/mol. The number of amides is 1. The Balaban J connectivity index is 3.03. The van der Waals surface area contributed by atoms with E-state index in [4.69, 9.17) is 11.5 Å². The largest absolute Gasteiger partial charge is 0.368 e. The number of carbonyl (C=O) groups is 1. The molecule has 1 rings (SSSR count). The molecule has 6 heteroatoms. The Hall–Kier alpha value is -1.85. The number of nitrogen functional groups attached to an aromatic ring is 1. The van der Waals surface area contributed by atoms with Crippen LogP contribution in [0.2, 0.25) is 0 Å². The van der Waals surface area contributed by atoms with Crippen LogP contribution in [-0.2, 0) is 0 Å². The van der Waals surface area contributed by atoms with Gasteiger partial charge in [-0.25, -0.2) is 4.98 Å². The predicted octanol–water partition coefficient (Wildman–Crippen LogP) is 1.00. The minimum Gasteiger partial charge on any atom is -0.368 e. The second-order valence-electron chi connectivity index (χ2n) is 4.26. The summed E-state index contributed by atoms with van der Waals surface area (Å²) in [4.78, 5) is 19.0. The van der Waals surface area contributed by atoms with Gasteiger partial charge in [-0.1, -0.05) is 20.8 Å². The van der Waals surface area contributed by atoms with Gasteiger partial charge in [0, 0.05) is 12.2 Å². The maximum absolute atomic E-state index is 11.2. The summed E-state index contributed by atoms with van der Waals surface area (Å²) < 4.78 is 0. The van der Waals surface area contributed by atoms with Crippen LogP contribution in [0.25, 0.3) is 0 Å². The van der Waals surface area contributed by atoms with Gasteiger partial charge in [0.2, 0.25) is 5.95 Å². The Morgan fingerprint density at radius 2 is 2.18 bits per heavy atom. The fourth-order valence-electron chi connectivity index (χ4n) is 1.60. The number of rotatable bonds is 5. The quantitative estimate of drug-likeness (QED) is 0.708. The SMILES string of the molecule is CC[C@@H](Nc1nc(N)ncc1C(N)=O)C(C)C. The highest BCUT2D eigenvalue weighted by molar-refractivity contribution is 5.97. The van der Waals surface area contributed by atoms with Gasteiger partial charge in [0.05, 0.1) is 5.56 Å². The fraction of sp³-hybridized carbons (Fsp3) is 0.545. The van der Waals surface area contributed by atoms with Crippen LogP contribution in [-0.4, -0.2) is 21.9 Å². The molecule has 6 nitrogen and oxygen atoms in total. The van der Waals surface area contributed by atoms with Crippen LogP contribution in [0.15, 0.2) is 6.20 Å². The van der Waals surface area contributed by atoms with Crippen LogP contribution in [0.3, 0.4) is 0 Å². The van der Waals surface area contributed by atoms with Crippen molar-refractivity contribution >= 4 is 17.7 Å². The number of primary amides is 1. The standard InChI is InChI=1S/C11H19N5O/c1-4-8(6(2)3)15-10-7(9(12)17)5-14-11(13)16-10/h5-6,8H,4H2,1-3H3,(H2,12,17)(H3,13,14,15,16)/t8-/m1/s1. The third-order valence-corrected chi connectivity index (χ3v) is 2.64. The molecule has 0 unspecified atom stereocenters. The van der Waals surface area contributed by atoms with Gasteiger partial charge < -0.3 is 16.8 Å². The van der Waals surface area contributed by atoms with E-state index >= 15 is 0 Å². The average molecular weight is 237 g/mol. The lowest BCUT2D eigenvalue weighted by atomic mass is 10.0. The molecule has 1 amide bonds. The van der Waals surface area contributed by atoms with E-state index in [-0.39, 0.29) is 17.6 Å². The second-order valence-corrected chi connectivity index (χ2v) is 4.26. The topological polar surface area (TPSA) is 107 Å². The number of hydrogen-bond donors (Lipinski definition) is 3. The first-order chi connectivity index (χ1) is 7.95. The van der Waals surface area contributed by atoms with Gasteiger partial charge in [-0.15, -0.1) is 0 Å². The summed E-state index contributed by atoms with van der Waals surface area (Å²) in [5, 5.41) is 3.19. The van der Waals surface area contributed by atoms with Crippen molar-refractivity contribution in [3.63, 3.8) is 0 Å². The number of carbonyl (C=O) groups excluding carboxylic acids is 1. The molecule has 17 heavy (non-hydrogen) atoms. The lowest BCUT2D eigenvalue weighted by molar-refractivity contribution is 0.100. The number of nitrogens with one attached hydrogen (secondary N) is 1. The molecule has 1 heterocycles. The number of nitrogens with two attached hydrogens (primary N) is 2. The van der Waals surface area contributed by atoms with Crippen LogP contribution < -0.4 is 16.8 Å². The third-order valence-electron chi connectivity index (χ3n) is 2.64. The lowest BCUT2D eigenvalue weighted by Crippen LogP contribution is -2.27. The molecule has 0 saturated carbocycles. The van der Waals surface area contributed by atoms with Crippen molar-refractivity contribution in [3.8, 4) is 0 Å². The van der Waals surface area contributed by atoms with E-state index in [9.17, 15) is 4.79 Å². The van der Waals surface area contributed by atoms with Gasteiger partial charge in [-0.05, 0) is 12.3 Å². The molecule has 0 saturated heterocycles. The van der Waals surface area contributed by atoms with E-state index in [2.05, 4.69) is 36.1 Å². The average Bonchev–Trinajstić information content (AvgIpc) is 2.25.